The van der Waals surface area contributed by atoms with E-state index in [1.54, 1.807) is 25.2 Å². The Balaban J connectivity index is 2.10. The number of carbonyl (C=O) groups excluding carboxylic acids is 1. The zero-order valence-corrected chi connectivity index (χ0v) is 10.0. The molecular weight excluding hydrogens is 216 g/mol. The van der Waals surface area contributed by atoms with Crippen molar-refractivity contribution in [3.8, 4) is 5.75 Å². The van der Waals surface area contributed by atoms with E-state index >= 15 is 0 Å². The number of hydrogen-bond acceptors (Lipinski definition) is 3. The summed E-state index contributed by atoms with van der Waals surface area (Å²) in [5.41, 5.74) is 6.97. The van der Waals surface area contributed by atoms with Gasteiger partial charge >= 0.3 is 0 Å². The number of benzene rings is 1. The van der Waals surface area contributed by atoms with Crippen molar-refractivity contribution >= 4 is 11.6 Å². The Bertz CT molecular complexity index is 412. The highest BCUT2D eigenvalue weighted by atomic mass is 16.5. The molecule has 0 aromatic heterocycles. The molecule has 0 heterocycles. The van der Waals surface area contributed by atoms with Crippen molar-refractivity contribution in [1.29, 1.82) is 0 Å². The number of carbonyl (C=O) groups is 1. The Hall–Kier alpha value is -1.71. The summed E-state index contributed by atoms with van der Waals surface area (Å²) >= 11 is 0. The quantitative estimate of drug-likeness (QED) is 0.786. The number of amides is 1. The van der Waals surface area contributed by atoms with Gasteiger partial charge in [-0.2, -0.15) is 0 Å². The molecule has 1 aromatic rings. The van der Waals surface area contributed by atoms with Crippen LogP contribution in [-0.4, -0.2) is 19.1 Å². The molecule has 0 spiro atoms. The molecule has 4 heteroatoms. The highest BCUT2D eigenvalue weighted by Crippen LogP contribution is 2.28. The van der Waals surface area contributed by atoms with Gasteiger partial charge in [0.1, 0.15) is 5.75 Å². The van der Waals surface area contributed by atoms with E-state index in [4.69, 9.17) is 10.5 Å². The summed E-state index contributed by atoms with van der Waals surface area (Å²) in [6.45, 7) is 0. The van der Waals surface area contributed by atoms with Gasteiger partial charge in [-0.15, -0.1) is 0 Å². The minimum atomic E-state index is -0.135. The number of nitrogens with two attached hydrogens (primary N) is 1. The third kappa shape index (κ3) is 2.70. The lowest BCUT2D eigenvalue weighted by molar-refractivity contribution is 0.0963. The van der Waals surface area contributed by atoms with E-state index < -0.39 is 0 Å². The van der Waals surface area contributed by atoms with Crippen LogP contribution in [0.2, 0.25) is 0 Å². The summed E-state index contributed by atoms with van der Waals surface area (Å²) < 4.78 is 5.82. The van der Waals surface area contributed by atoms with Gasteiger partial charge < -0.3 is 15.8 Å². The molecule has 0 aliphatic heterocycles. The maximum absolute atomic E-state index is 11.4. The predicted octanol–water partition coefficient (Wildman–Crippen LogP) is 1.95. The van der Waals surface area contributed by atoms with E-state index in [9.17, 15) is 4.79 Å². The first kappa shape index (κ1) is 11.8. The molecule has 1 fully saturated rings. The minimum absolute atomic E-state index is 0.135. The topological polar surface area (TPSA) is 64.3 Å². The Morgan fingerprint density at radius 3 is 2.71 bits per heavy atom. The van der Waals surface area contributed by atoms with Crippen LogP contribution in [0, 0.1) is 0 Å². The molecule has 0 saturated heterocycles. The monoisotopic (exact) mass is 234 g/mol. The molecule has 1 saturated carbocycles. The van der Waals surface area contributed by atoms with Crippen molar-refractivity contribution in [2.24, 2.45) is 0 Å². The zero-order valence-electron chi connectivity index (χ0n) is 10.0. The van der Waals surface area contributed by atoms with Crippen LogP contribution >= 0.6 is 0 Å². The maximum Gasteiger partial charge on any atom is 0.251 e. The maximum atomic E-state index is 11.4. The smallest absolute Gasteiger partial charge is 0.251 e. The normalized spacial score (nSPS) is 15.8. The van der Waals surface area contributed by atoms with Crippen molar-refractivity contribution < 1.29 is 9.53 Å². The summed E-state index contributed by atoms with van der Waals surface area (Å²) in [6.07, 6.45) is 4.91. The van der Waals surface area contributed by atoms with Crippen LogP contribution in [0.5, 0.6) is 5.75 Å². The molecule has 1 amide bonds. The van der Waals surface area contributed by atoms with Crippen LogP contribution in [0.25, 0.3) is 0 Å². The van der Waals surface area contributed by atoms with Crippen LogP contribution in [0.1, 0.15) is 36.0 Å². The van der Waals surface area contributed by atoms with Crippen molar-refractivity contribution in [3.63, 3.8) is 0 Å². The fourth-order valence-corrected chi connectivity index (χ4v) is 2.13. The summed E-state index contributed by atoms with van der Waals surface area (Å²) in [4.78, 5) is 11.4. The molecule has 4 nitrogen and oxygen atoms in total. The summed E-state index contributed by atoms with van der Waals surface area (Å²) in [6, 6.07) is 5.17. The summed E-state index contributed by atoms with van der Waals surface area (Å²) in [7, 11) is 1.60. The highest BCUT2D eigenvalue weighted by molar-refractivity contribution is 5.95. The molecule has 1 aromatic carbocycles. The Morgan fingerprint density at radius 1 is 1.41 bits per heavy atom. The lowest BCUT2D eigenvalue weighted by Crippen LogP contribution is -2.18. The Labute approximate surface area is 101 Å². The average Bonchev–Trinajstić information content (AvgIpc) is 2.83. The molecule has 1 aliphatic carbocycles. The SMILES string of the molecule is CNC(=O)c1ccc(OC2CCCC2)c(N)c1. The lowest BCUT2D eigenvalue weighted by atomic mass is 10.1. The van der Waals surface area contributed by atoms with Gasteiger partial charge in [0.05, 0.1) is 11.8 Å². The Kier molecular flexibility index (Phi) is 3.52. The molecule has 17 heavy (non-hydrogen) atoms. The van der Waals surface area contributed by atoms with Crippen LogP contribution < -0.4 is 15.8 Å². The lowest BCUT2D eigenvalue weighted by Gasteiger charge is -2.15. The molecule has 0 atom stereocenters. The molecule has 0 unspecified atom stereocenters. The summed E-state index contributed by atoms with van der Waals surface area (Å²) in [5.74, 6) is 0.550. The number of rotatable bonds is 3. The van der Waals surface area contributed by atoms with Crippen molar-refractivity contribution in [1.82, 2.24) is 5.32 Å². The van der Waals surface area contributed by atoms with Gasteiger partial charge in [-0.1, -0.05) is 0 Å². The van der Waals surface area contributed by atoms with Crippen molar-refractivity contribution in [3.05, 3.63) is 23.8 Å². The second-order valence-corrected chi connectivity index (χ2v) is 4.36. The standard InChI is InChI=1S/C13H18N2O2/c1-15-13(16)9-6-7-12(11(14)8-9)17-10-4-2-3-5-10/h6-8,10H,2-5,14H2,1H3,(H,15,16). The second kappa shape index (κ2) is 5.08. The van der Waals surface area contributed by atoms with Crippen LogP contribution in [0.15, 0.2) is 18.2 Å². The molecule has 92 valence electrons. The largest absolute Gasteiger partial charge is 0.488 e. The summed E-state index contributed by atoms with van der Waals surface area (Å²) in [5, 5.41) is 2.57. The predicted molar refractivity (Wildman–Crippen MR) is 67.1 cm³/mol. The molecule has 0 radical (unpaired) electrons. The van der Waals surface area contributed by atoms with Crippen molar-refractivity contribution in [2.75, 3.05) is 12.8 Å². The minimum Gasteiger partial charge on any atom is -0.488 e. The van der Waals surface area contributed by atoms with E-state index in [1.807, 2.05) is 0 Å². The second-order valence-electron chi connectivity index (χ2n) is 4.36. The number of ether oxygens (including phenoxy) is 1. The van der Waals surface area contributed by atoms with E-state index in [1.165, 1.54) is 12.8 Å². The van der Waals surface area contributed by atoms with Crippen molar-refractivity contribution in [2.45, 2.75) is 31.8 Å². The van der Waals surface area contributed by atoms with Gasteiger partial charge in [-0.3, -0.25) is 4.79 Å². The van der Waals surface area contributed by atoms with Gasteiger partial charge in [0.15, 0.2) is 0 Å². The fraction of sp³-hybridized carbons (Fsp3) is 0.462. The van der Waals surface area contributed by atoms with Crippen LogP contribution in [0.4, 0.5) is 5.69 Å². The third-order valence-corrected chi connectivity index (χ3v) is 3.09. The van der Waals surface area contributed by atoms with Gasteiger partial charge in [0.25, 0.3) is 5.91 Å². The Morgan fingerprint density at radius 2 is 2.12 bits per heavy atom. The van der Waals surface area contributed by atoms with E-state index in [0.717, 1.165) is 12.8 Å². The van der Waals surface area contributed by atoms with Gasteiger partial charge in [-0.25, -0.2) is 0 Å². The van der Waals surface area contributed by atoms with Gasteiger partial charge in [0.2, 0.25) is 0 Å². The molecular formula is C13H18N2O2. The molecule has 2 rings (SSSR count). The first-order valence-corrected chi connectivity index (χ1v) is 5.99. The molecule has 3 N–H and O–H groups in total. The van der Waals surface area contributed by atoms with Gasteiger partial charge in [0, 0.05) is 12.6 Å². The highest BCUT2D eigenvalue weighted by Gasteiger charge is 2.17. The molecule has 0 bridgehead atoms. The number of anilines is 1. The fourth-order valence-electron chi connectivity index (χ4n) is 2.13. The van der Waals surface area contributed by atoms with Gasteiger partial charge in [-0.05, 0) is 43.9 Å². The first-order valence-electron chi connectivity index (χ1n) is 5.99. The van der Waals surface area contributed by atoms with E-state index in [2.05, 4.69) is 5.32 Å². The van der Waals surface area contributed by atoms with Crippen LogP contribution in [-0.2, 0) is 0 Å². The van der Waals surface area contributed by atoms with E-state index in [0.29, 0.717) is 17.0 Å². The number of nitrogens with one attached hydrogen (secondary N) is 1. The molecule has 1 aliphatic rings. The third-order valence-electron chi connectivity index (χ3n) is 3.09. The van der Waals surface area contributed by atoms with E-state index in [-0.39, 0.29) is 12.0 Å². The number of nitrogen functional groups attached to an aromatic ring is 1. The average molecular weight is 234 g/mol. The first-order chi connectivity index (χ1) is 8.20. The number of hydrogen-bond donors (Lipinski definition) is 2. The van der Waals surface area contributed by atoms with Crippen LogP contribution in [0.3, 0.4) is 0 Å². The zero-order chi connectivity index (χ0) is 12.3.